The van der Waals surface area contributed by atoms with Crippen molar-refractivity contribution in [3.8, 4) is 0 Å². The Morgan fingerprint density at radius 1 is 1.26 bits per heavy atom. The van der Waals surface area contributed by atoms with Gasteiger partial charge in [-0.2, -0.15) is 4.31 Å². The molecule has 0 bridgehead atoms. The van der Waals surface area contributed by atoms with Crippen LogP contribution in [0.4, 0.5) is 4.39 Å². The Hall–Kier alpha value is -0.690. The minimum absolute atomic E-state index is 0.193. The Bertz CT molecular complexity index is 596. The second-order valence-corrected chi connectivity index (χ2v) is 7.42. The van der Waals surface area contributed by atoms with Crippen LogP contribution in [0, 0.1) is 17.7 Å². The van der Waals surface area contributed by atoms with Crippen LogP contribution in [0.5, 0.6) is 0 Å². The summed E-state index contributed by atoms with van der Waals surface area (Å²) in [5.74, 6) is -0.113. The van der Waals surface area contributed by atoms with E-state index in [0.717, 1.165) is 19.2 Å². The summed E-state index contributed by atoms with van der Waals surface area (Å²) in [7, 11) is -3.76. The van der Waals surface area contributed by atoms with Gasteiger partial charge in [0.05, 0.1) is 0 Å². The molecule has 0 aliphatic carbocycles. The lowest BCUT2D eigenvalue weighted by Crippen LogP contribution is -2.32. The summed E-state index contributed by atoms with van der Waals surface area (Å²) in [6, 6.07) is 3.67. The molecule has 1 aromatic rings. The normalized spacial score (nSPS) is 27.7. The Labute approximate surface area is 116 Å². The zero-order valence-electron chi connectivity index (χ0n) is 10.1. The van der Waals surface area contributed by atoms with E-state index in [9.17, 15) is 12.8 Å². The van der Waals surface area contributed by atoms with Gasteiger partial charge in [-0.05, 0) is 43.1 Å². The van der Waals surface area contributed by atoms with Gasteiger partial charge in [-0.25, -0.2) is 12.8 Å². The van der Waals surface area contributed by atoms with Gasteiger partial charge >= 0.3 is 0 Å². The second-order valence-electron chi connectivity index (χ2n) is 5.08. The van der Waals surface area contributed by atoms with Crippen LogP contribution in [-0.2, 0) is 10.0 Å². The maximum atomic E-state index is 13.8. The maximum absolute atomic E-state index is 13.8. The molecule has 2 atom stereocenters. The number of rotatable bonds is 2. The number of fused-ring (bicyclic) bond motifs is 1. The van der Waals surface area contributed by atoms with Gasteiger partial charge in [-0.15, -0.1) is 0 Å². The average molecular weight is 305 g/mol. The molecular formula is C12H14ClFN2O2S. The van der Waals surface area contributed by atoms with Gasteiger partial charge in [0.2, 0.25) is 10.0 Å². The van der Waals surface area contributed by atoms with E-state index in [2.05, 4.69) is 5.32 Å². The highest BCUT2D eigenvalue weighted by Gasteiger charge is 2.42. The van der Waals surface area contributed by atoms with Crippen LogP contribution in [0.25, 0.3) is 0 Å². The highest BCUT2D eigenvalue weighted by Crippen LogP contribution is 2.31. The van der Waals surface area contributed by atoms with Gasteiger partial charge in [0.25, 0.3) is 0 Å². The van der Waals surface area contributed by atoms with Gasteiger partial charge in [0, 0.05) is 18.1 Å². The monoisotopic (exact) mass is 304 g/mol. The molecule has 1 aromatic carbocycles. The number of hydrogen-bond donors (Lipinski definition) is 1. The molecule has 7 heteroatoms. The lowest BCUT2D eigenvalue weighted by molar-refractivity contribution is 0.443. The molecule has 2 aliphatic heterocycles. The Morgan fingerprint density at radius 3 is 2.47 bits per heavy atom. The second kappa shape index (κ2) is 4.70. The molecule has 1 N–H and O–H groups in total. The van der Waals surface area contributed by atoms with Crippen LogP contribution in [-0.4, -0.2) is 38.9 Å². The molecule has 0 spiro atoms. The number of hydrogen-bond acceptors (Lipinski definition) is 3. The molecule has 2 fully saturated rings. The molecule has 0 amide bonds. The van der Waals surface area contributed by atoms with Gasteiger partial charge in [-0.1, -0.05) is 11.6 Å². The quantitative estimate of drug-likeness (QED) is 0.896. The van der Waals surface area contributed by atoms with Crippen LogP contribution < -0.4 is 5.32 Å². The van der Waals surface area contributed by atoms with E-state index in [-0.39, 0.29) is 9.92 Å². The van der Waals surface area contributed by atoms with Gasteiger partial charge < -0.3 is 5.32 Å². The molecule has 3 rings (SSSR count). The van der Waals surface area contributed by atoms with Crippen molar-refractivity contribution in [2.75, 3.05) is 26.2 Å². The third kappa shape index (κ3) is 2.27. The lowest BCUT2D eigenvalue weighted by atomic mass is 10.0. The minimum Gasteiger partial charge on any atom is -0.316 e. The van der Waals surface area contributed by atoms with Crippen LogP contribution in [0.1, 0.15) is 0 Å². The molecule has 0 unspecified atom stereocenters. The highest BCUT2D eigenvalue weighted by atomic mass is 35.5. The van der Waals surface area contributed by atoms with Crippen molar-refractivity contribution >= 4 is 21.6 Å². The van der Waals surface area contributed by atoms with E-state index >= 15 is 0 Å². The summed E-state index contributed by atoms with van der Waals surface area (Å²) in [4.78, 5) is -0.287. The van der Waals surface area contributed by atoms with E-state index in [0.29, 0.717) is 24.9 Å². The fourth-order valence-corrected chi connectivity index (χ4v) is 4.59. The smallest absolute Gasteiger partial charge is 0.246 e. The van der Waals surface area contributed by atoms with Crippen LogP contribution >= 0.6 is 11.6 Å². The van der Waals surface area contributed by atoms with E-state index < -0.39 is 15.8 Å². The fraction of sp³-hybridized carbons (Fsp3) is 0.500. The first-order chi connectivity index (χ1) is 8.98. The molecule has 2 saturated heterocycles. The Morgan fingerprint density at radius 2 is 1.89 bits per heavy atom. The first kappa shape index (κ1) is 13.3. The summed E-state index contributed by atoms with van der Waals surface area (Å²) in [6.45, 7) is 2.59. The SMILES string of the molecule is O=S(=O)(c1ccc(Cl)cc1F)N1C[C@H]2CNC[C@H]2C1. The zero-order chi connectivity index (χ0) is 13.6. The van der Waals surface area contributed by atoms with Gasteiger partial charge in [0.15, 0.2) is 0 Å². The molecule has 0 aromatic heterocycles. The fourth-order valence-electron chi connectivity index (χ4n) is 2.83. The van der Waals surface area contributed by atoms with E-state index in [1.165, 1.54) is 16.4 Å². The Balaban J connectivity index is 1.91. The highest BCUT2D eigenvalue weighted by molar-refractivity contribution is 7.89. The lowest BCUT2D eigenvalue weighted by Gasteiger charge is -2.17. The largest absolute Gasteiger partial charge is 0.316 e. The summed E-state index contributed by atoms with van der Waals surface area (Å²) in [6.07, 6.45) is 0. The first-order valence-electron chi connectivity index (χ1n) is 6.14. The molecule has 0 radical (unpaired) electrons. The van der Waals surface area contributed by atoms with Crippen LogP contribution in [0.2, 0.25) is 5.02 Å². The third-order valence-corrected chi connectivity index (χ3v) is 5.97. The van der Waals surface area contributed by atoms with Crippen LogP contribution in [0.3, 0.4) is 0 Å². The van der Waals surface area contributed by atoms with Crippen molar-refractivity contribution in [1.82, 2.24) is 9.62 Å². The zero-order valence-corrected chi connectivity index (χ0v) is 11.7. The summed E-state index contributed by atoms with van der Waals surface area (Å²) < 4.78 is 40.0. The number of benzene rings is 1. The number of sulfonamides is 1. The first-order valence-corrected chi connectivity index (χ1v) is 7.96. The van der Waals surface area contributed by atoms with Gasteiger partial charge in [0.1, 0.15) is 10.7 Å². The van der Waals surface area contributed by atoms with Crippen molar-refractivity contribution in [3.63, 3.8) is 0 Å². The summed E-state index contributed by atoms with van der Waals surface area (Å²) in [5, 5.41) is 3.44. The maximum Gasteiger partial charge on any atom is 0.246 e. The Kier molecular flexibility index (Phi) is 3.29. The predicted molar refractivity (Wildman–Crippen MR) is 70.0 cm³/mol. The molecule has 2 aliphatic rings. The number of nitrogens with zero attached hydrogens (tertiary/aromatic N) is 1. The summed E-state index contributed by atoms with van der Waals surface area (Å²) in [5.41, 5.74) is 0. The molecular weight excluding hydrogens is 291 g/mol. The molecule has 0 saturated carbocycles. The molecule has 2 heterocycles. The predicted octanol–water partition coefficient (Wildman–Crippen LogP) is 1.32. The van der Waals surface area contributed by atoms with Crippen molar-refractivity contribution in [3.05, 3.63) is 29.0 Å². The van der Waals surface area contributed by atoms with Crippen molar-refractivity contribution < 1.29 is 12.8 Å². The van der Waals surface area contributed by atoms with Crippen molar-refractivity contribution in [2.24, 2.45) is 11.8 Å². The van der Waals surface area contributed by atoms with Crippen molar-refractivity contribution in [2.45, 2.75) is 4.90 Å². The molecule has 104 valence electrons. The van der Waals surface area contributed by atoms with E-state index in [1.54, 1.807) is 0 Å². The molecule has 4 nitrogen and oxygen atoms in total. The van der Waals surface area contributed by atoms with E-state index in [4.69, 9.17) is 11.6 Å². The topological polar surface area (TPSA) is 49.4 Å². The summed E-state index contributed by atoms with van der Waals surface area (Å²) >= 11 is 5.65. The van der Waals surface area contributed by atoms with Crippen molar-refractivity contribution in [1.29, 1.82) is 0 Å². The number of halogens is 2. The van der Waals surface area contributed by atoms with Gasteiger partial charge in [-0.3, -0.25) is 0 Å². The number of nitrogens with one attached hydrogen (secondary N) is 1. The average Bonchev–Trinajstić information content (AvgIpc) is 2.87. The minimum atomic E-state index is -3.76. The van der Waals surface area contributed by atoms with Crippen LogP contribution in [0.15, 0.2) is 23.1 Å². The standard InChI is InChI=1S/C12H14ClFN2O2S/c13-10-1-2-12(11(14)3-10)19(17,18)16-6-8-4-15-5-9(8)7-16/h1-3,8-9,15H,4-7H2/t8-,9+. The van der Waals surface area contributed by atoms with E-state index in [1.807, 2.05) is 0 Å². The molecule has 19 heavy (non-hydrogen) atoms. The third-order valence-electron chi connectivity index (χ3n) is 3.87.